The molecule has 2 aromatic heterocycles. The highest BCUT2D eigenvalue weighted by atomic mass is 16.6. The Balaban J connectivity index is 1.73. The van der Waals surface area contributed by atoms with E-state index < -0.39 is 11.6 Å². The van der Waals surface area contributed by atoms with Gasteiger partial charge in [0.2, 0.25) is 0 Å². The Bertz CT molecular complexity index is 895. The van der Waals surface area contributed by atoms with Gasteiger partial charge in [-0.25, -0.2) is 14.3 Å². The smallest absolute Gasteiger partial charge is 0.410 e. The number of piperidine rings is 1. The Morgan fingerprint density at radius 3 is 2.55 bits per heavy atom. The zero-order valence-corrected chi connectivity index (χ0v) is 17.2. The summed E-state index contributed by atoms with van der Waals surface area (Å²) in [6, 6.07) is 1.55. The molecule has 0 unspecified atom stereocenters. The van der Waals surface area contributed by atoms with E-state index in [9.17, 15) is 14.7 Å². The molecule has 1 saturated heterocycles. The summed E-state index contributed by atoms with van der Waals surface area (Å²) in [4.78, 5) is 29.5. The Labute approximate surface area is 169 Å². The molecule has 3 rings (SSSR count). The highest BCUT2D eigenvalue weighted by Crippen LogP contribution is 2.30. The van der Waals surface area contributed by atoms with Gasteiger partial charge in [0.15, 0.2) is 0 Å². The van der Waals surface area contributed by atoms with Gasteiger partial charge in [-0.05, 0) is 46.6 Å². The molecule has 0 bridgehead atoms. The molecule has 1 amide bonds. The molecule has 3 heterocycles. The fourth-order valence-corrected chi connectivity index (χ4v) is 3.31. The molecule has 1 aliphatic heterocycles. The number of carboxylic acids is 1. The lowest BCUT2D eigenvalue weighted by Crippen LogP contribution is -2.42. The van der Waals surface area contributed by atoms with E-state index in [1.807, 2.05) is 32.4 Å². The van der Waals surface area contributed by atoms with Crippen LogP contribution in [0.3, 0.4) is 0 Å². The first-order valence-electron chi connectivity index (χ1n) is 9.62. The van der Waals surface area contributed by atoms with Gasteiger partial charge >= 0.3 is 12.1 Å². The Kier molecular flexibility index (Phi) is 5.76. The molecule has 0 radical (unpaired) electrons. The van der Waals surface area contributed by atoms with Crippen molar-refractivity contribution in [3.8, 4) is 0 Å². The van der Waals surface area contributed by atoms with E-state index in [0.29, 0.717) is 18.8 Å². The molecular weight excluding hydrogens is 374 g/mol. The molecule has 2 aromatic rings. The predicted molar refractivity (Wildman–Crippen MR) is 108 cm³/mol. The summed E-state index contributed by atoms with van der Waals surface area (Å²) < 4.78 is 7.33. The number of aromatic nitrogens is 3. The predicted octanol–water partition coefficient (Wildman–Crippen LogP) is 3.60. The van der Waals surface area contributed by atoms with Crippen molar-refractivity contribution in [3.05, 3.63) is 35.8 Å². The lowest BCUT2D eigenvalue weighted by molar-refractivity contribution is 0.0185. The SMILES string of the molecule is Cc1cnn(C2CCN(C(=O)OC(C)(C)C)CC2)c1Nc1cnccc1C(=O)O. The minimum atomic E-state index is -1.02. The van der Waals surface area contributed by atoms with Crippen molar-refractivity contribution in [3.63, 3.8) is 0 Å². The largest absolute Gasteiger partial charge is 0.478 e. The molecule has 156 valence electrons. The van der Waals surface area contributed by atoms with Gasteiger partial charge in [-0.15, -0.1) is 0 Å². The minimum absolute atomic E-state index is 0.0924. The summed E-state index contributed by atoms with van der Waals surface area (Å²) in [5, 5.41) is 17.1. The standard InChI is InChI=1S/C20H27N5O4/c1-13-11-22-25(17(13)23-16-12-21-8-5-15(16)18(26)27)14-6-9-24(10-7-14)19(28)29-20(2,3)4/h5,8,11-12,14,23H,6-7,9-10H2,1-4H3,(H,26,27). The highest BCUT2D eigenvalue weighted by Gasteiger charge is 2.29. The summed E-state index contributed by atoms with van der Waals surface area (Å²) in [5.74, 6) is -0.291. The maximum absolute atomic E-state index is 12.3. The number of carboxylic acid groups (broad SMARTS) is 1. The Morgan fingerprint density at radius 2 is 1.93 bits per heavy atom. The number of carbonyl (C=O) groups is 2. The van der Waals surface area contributed by atoms with Crippen molar-refractivity contribution in [2.45, 2.75) is 52.2 Å². The number of likely N-dealkylation sites (tertiary alicyclic amines) is 1. The number of nitrogens with zero attached hydrogens (tertiary/aromatic N) is 4. The molecule has 9 nitrogen and oxygen atoms in total. The molecule has 1 fully saturated rings. The average Bonchev–Trinajstić information content (AvgIpc) is 3.01. The first-order chi connectivity index (χ1) is 13.7. The van der Waals surface area contributed by atoms with Gasteiger partial charge in [-0.2, -0.15) is 5.10 Å². The van der Waals surface area contributed by atoms with Crippen molar-refractivity contribution in [2.24, 2.45) is 0 Å². The van der Waals surface area contributed by atoms with Crippen LogP contribution in [0.2, 0.25) is 0 Å². The van der Waals surface area contributed by atoms with Crippen molar-refractivity contribution < 1.29 is 19.4 Å². The number of pyridine rings is 1. The van der Waals surface area contributed by atoms with Crippen LogP contribution in [0.4, 0.5) is 16.3 Å². The average molecular weight is 401 g/mol. The topological polar surface area (TPSA) is 110 Å². The summed E-state index contributed by atoms with van der Waals surface area (Å²) in [6.07, 6.45) is 5.85. The van der Waals surface area contributed by atoms with Crippen LogP contribution in [0.5, 0.6) is 0 Å². The molecule has 29 heavy (non-hydrogen) atoms. The zero-order valence-electron chi connectivity index (χ0n) is 17.2. The van der Waals surface area contributed by atoms with Gasteiger partial charge < -0.3 is 20.1 Å². The van der Waals surface area contributed by atoms with E-state index in [-0.39, 0.29) is 17.7 Å². The van der Waals surface area contributed by atoms with Crippen molar-refractivity contribution in [1.82, 2.24) is 19.7 Å². The number of nitrogens with one attached hydrogen (secondary N) is 1. The monoisotopic (exact) mass is 401 g/mol. The third kappa shape index (κ3) is 4.85. The van der Waals surface area contributed by atoms with Crippen LogP contribution in [-0.2, 0) is 4.74 Å². The van der Waals surface area contributed by atoms with Crippen LogP contribution in [0.15, 0.2) is 24.7 Å². The molecule has 9 heteroatoms. The maximum atomic E-state index is 12.3. The van der Waals surface area contributed by atoms with E-state index in [1.54, 1.807) is 11.1 Å². The summed E-state index contributed by atoms with van der Waals surface area (Å²) >= 11 is 0. The molecule has 0 saturated carbocycles. The van der Waals surface area contributed by atoms with E-state index in [0.717, 1.165) is 24.2 Å². The number of ether oxygens (including phenoxy) is 1. The number of amides is 1. The number of carbonyl (C=O) groups excluding carboxylic acids is 1. The molecular formula is C20H27N5O4. The van der Waals surface area contributed by atoms with E-state index in [2.05, 4.69) is 15.4 Å². The number of hydrogen-bond acceptors (Lipinski definition) is 6. The lowest BCUT2D eigenvalue weighted by atomic mass is 10.1. The fourth-order valence-electron chi connectivity index (χ4n) is 3.31. The fraction of sp³-hybridized carbons (Fsp3) is 0.500. The van der Waals surface area contributed by atoms with Crippen molar-refractivity contribution in [2.75, 3.05) is 18.4 Å². The lowest BCUT2D eigenvalue weighted by Gasteiger charge is -2.34. The third-order valence-electron chi connectivity index (χ3n) is 4.75. The molecule has 0 aromatic carbocycles. The second-order valence-corrected chi connectivity index (χ2v) is 8.17. The van der Waals surface area contributed by atoms with Gasteiger partial charge in [0.1, 0.15) is 11.4 Å². The second kappa shape index (κ2) is 8.10. The second-order valence-electron chi connectivity index (χ2n) is 8.17. The zero-order chi connectivity index (χ0) is 21.2. The van der Waals surface area contributed by atoms with Gasteiger partial charge in [0, 0.05) is 24.8 Å². The first-order valence-corrected chi connectivity index (χ1v) is 9.62. The van der Waals surface area contributed by atoms with Crippen LogP contribution in [0.25, 0.3) is 0 Å². The van der Waals surface area contributed by atoms with Gasteiger partial charge in [0.25, 0.3) is 0 Å². The maximum Gasteiger partial charge on any atom is 0.410 e. The number of aromatic carboxylic acids is 1. The van der Waals surface area contributed by atoms with E-state index >= 15 is 0 Å². The van der Waals surface area contributed by atoms with Crippen LogP contribution in [0, 0.1) is 6.92 Å². The van der Waals surface area contributed by atoms with Crippen LogP contribution in [0.1, 0.15) is 55.6 Å². The molecule has 2 N–H and O–H groups in total. The van der Waals surface area contributed by atoms with E-state index in [1.165, 1.54) is 18.5 Å². The first kappa shape index (κ1) is 20.6. The molecule has 1 aliphatic rings. The van der Waals surface area contributed by atoms with Gasteiger partial charge in [-0.1, -0.05) is 0 Å². The number of anilines is 2. The normalized spacial score (nSPS) is 15.2. The minimum Gasteiger partial charge on any atom is -0.478 e. The summed E-state index contributed by atoms with van der Waals surface area (Å²) in [7, 11) is 0. The quantitative estimate of drug-likeness (QED) is 0.805. The van der Waals surface area contributed by atoms with Gasteiger partial charge in [0.05, 0.1) is 29.7 Å². The Morgan fingerprint density at radius 1 is 1.24 bits per heavy atom. The van der Waals surface area contributed by atoms with Gasteiger partial charge in [-0.3, -0.25) is 4.98 Å². The van der Waals surface area contributed by atoms with Crippen LogP contribution < -0.4 is 5.32 Å². The number of aryl methyl sites for hydroxylation is 1. The Hall–Kier alpha value is -3.10. The molecule has 0 atom stereocenters. The van der Waals surface area contributed by atoms with Crippen LogP contribution in [-0.4, -0.2) is 55.5 Å². The van der Waals surface area contributed by atoms with Crippen molar-refractivity contribution >= 4 is 23.6 Å². The third-order valence-corrected chi connectivity index (χ3v) is 4.75. The highest BCUT2D eigenvalue weighted by molar-refractivity contribution is 5.94. The van der Waals surface area contributed by atoms with Crippen LogP contribution >= 0.6 is 0 Å². The summed E-state index contributed by atoms with van der Waals surface area (Å²) in [5.41, 5.74) is 0.943. The number of rotatable bonds is 4. The number of hydrogen-bond donors (Lipinski definition) is 2. The summed E-state index contributed by atoms with van der Waals surface area (Å²) in [6.45, 7) is 8.62. The van der Waals surface area contributed by atoms with Crippen molar-refractivity contribution in [1.29, 1.82) is 0 Å². The molecule has 0 spiro atoms. The molecule has 0 aliphatic carbocycles. The van der Waals surface area contributed by atoms with E-state index in [4.69, 9.17) is 4.74 Å².